The first kappa shape index (κ1) is 123. The van der Waals surface area contributed by atoms with Crippen LogP contribution in [0.25, 0.3) is 22.1 Å². The van der Waals surface area contributed by atoms with Crippen LogP contribution < -0.4 is 63.5 Å². The molecule has 48 nitrogen and oxygen atoms in total. The summed E-state index contributed by atoms with van der Waals surface area (Å²) in [6.45, 7) is 27.0. The highest BCUT2D eigenvalue weighted by molar-refractivity contribution is 5.94. The number of aliphatic hydroxyl groups is 6. The van der Waals surface area contributed by atoms with Crippen molar-refractivity contribution in [2.45, 2.75) is 235 Å². The molecule has 0 aliphatic carbocycles. The average molecular weight is 2100 g/mol. The molecule has 4 aromatic heterocycles. The van der Waals surface area contributed by atoms with Crippen molar-refractivity contribution >= 4 is 129 Å². The minimum absolute atomic E-state index is 0.0185. The molecule has 0 bridgehead atoms. The molecular formula is C102H144N20O28. The van der Waals surface area contributed by atoms with Gasteiger partial charge in [0.15, 0.2) is 11.6 Å². The van der Waals surface area contributed by atoms with Gasteiger partial charge in [-0.1, -0.05) is 130 Å². The van der Waals surface area contributed by atoms with E-state index in [0.717, 1.165) is 108 Å². The third-order valence-electron chi connectivity index (χ3n) is 24.2. The molecule has 10 atom stereocenters. The van der Waals surface area contributed by atoms with Gasteiger partial charge in [0, 0.05) is 168 Å². The number of carboxylic acids is 2. The molecule has 4 saturated heterocycles. The van der Waals surface area contributed by atoms with Crippen LogP contribution in [0.5, 0.6) is 11.5 Å². The number of carboxylic acid groups (broad SMARTS) is 2. The van der Waals surface area contributed by atoms with E-state index in [1.165, 1.54) is 49.2 Å². The first-order valence-electron chi connectivity index (χ1n) is 50.2. The van der Waals surface area contributed by atoms with Crippen molar-refractivity contribution in [1.82, 2.24) is 69.9 Å². The lowest BCUT2D eigenvalue weighted by atomic mass is 10.0. The number of aryl methyl sites for hydroxylation is 2. The lowest BCUT2D eigenvalue weighted by Crippen LogP contribution is -2.54. The smallest absolute Gasteiger partial charge is 0.410 e. The molecule has 4 fully saturated rings. The van der Waals surface area contributed by atoms with Gasteiger partial charge in [0.1, 0.15) is 72.4 Å². The number of rotatable bonds is 46. The Labute approximate surface area is 868 Å². The van der Waals surface area contributed by atoms with Gasteiger partial charge < -0.3 is 142 Å². The van der Waals surface area contributed by atoms with Crippen LogP contribution in [-0.2, 0) is 116 Å². The van der Waals surface area contributed by atoms with E-state index >= 15 is 0 Å². The van der Waals surface area contributed by atoms with E-state index < -0.39 is 121 Å². The van der Waals surface area contributed by atoms with Crippen molar-refractivity contribution in [2.75, 3.05) is 138 Å². The first-order valence-corrected chi connectivity index (χ1v) is 50.2. The largest absolute Gasteiger partial charge is 0.481 e. The van der Waals surface area contributed by atoms with Crippen molar-refractivity contribution in [2.24, 2.45) is 11.8 Å². The summed E-state index contributed by atoms with van der Waals surface area (Å²) in [6, 6.07) is 26.1. The van der Waals surface area contributed by atoms with Crippen LogP contribution in [0.4, 0.5) is 44.5 Å². The Morgan fingerprint density at radius 1 is 0.447 bits per heavy atom. The second-order valence-electron chi connectivity index (χ2n) is 35.6. The molecule has 0 radical (unpaired) electrons. The van der Waals surface area contributed by atoms with Gasteiger partial charge in [0.25, 0.3) is 0 Å². The molecule has 0 saturated carbocycles. The van der Waals surface area contributed by atoms with Crippen molar-refractivity contribution < 1.29 is 136 Å². The monoisotopic (exact) mass is 2100 g/mol. The number of amides is 8. The fourth-order valence-electron chi connectivity index (χ4n) is 16.1. The molecule has 48 heteroatoms. The van der Waals surface area contributed by atoms with Gasteiger partial charge in [0.05, 0.1) is 48.0 Å². The SMILES string of the molecule is CC.CC.CCCCCNc1nc(N)nc2ccn(Cc3ccc(CN4CCN(C(=O)OCc5ccc(OC6OC[C@H](O)[C@@H](O)[C@@H]6O)c(NC(=O)CCNC(=O)CCNC(=O)C(C)CC(=O)O)c5)CC4)cc3C)c12.CCCCCNc1nc(N)nc2ccn(Cc3ccc(CN4CCN(C(=O)OCc5ccc(OC6OC[C@H](O)[C@@H](O)[C@@H]6O)c(NC(=O)CCNC(=O)CCNC(=O)CC(C)C(=O)O)c5)CC4)cc3C)c12.O=C=O.O=C=O. The van der Waals surface area contributed by atoms with Crippen molar-refractivity contribution in [3.63, 3.8) is 0 Å². The summed E-state index contributed by atoms with van der Waals surface area (Å²) in [5, 5.41) is 102. The van der Waals surface area contributed by atoms with Crippen LogP contribution in [0.3, 0.4) is 0 Å². The maximum atomic E-state index is 13.3. The molecule has 8 heterocycles. The number of nitrogens with zero attached hydrogens (tertiary/aromatic N) is 10. The molecule has 820 valence electrons. The average Bonchev–Trinajstić information content (AvgIpc) is 1.64. The number of anilines is 6. The van der Waals surface area contributed by atoms with Crippen LogP contribution in [0, 0.1) is 25.7 Å². The zero-order valence-electron chi connectivity index (χ0n) is 86.4. The Bertz CT molecular complexity index is 5770. The number of piperazine rings is 2. The van der Waals surface area contributed by atoms with Crippen LogP contribution in [0.15, 0.2) is 97.3 Å². The van der Waals surface area contributed by atoms with Crippen LogP contribution >= 0.6 is 0 Å². The number of benzene rings is 4. The summed E-state index contributed by atoms with van der Waals surface area (Å²) in [5.41, 5.74) is 23.7. The van der Waals surface area contributed by atoms with Crippen molar-refractivity contribution in [3.05, 3.63) is 142 Å². The molecule has 12 rings (SSSR count). The van der Waals surface area contributed by atoms with E-state index in [-0.39, 0.29) is 138 Å². The van der Waals surface area contributed by atoms with Gasteiger partial charge in [-0.3, -0.25) is 48.2 Å². The van der Waals surface area contributed by atoms with Gasteiger partial charge >= 0.3 is 36.4 Å². The van der Waals surface area contributed by atoms with Crippen LogP contribution in [0.1, 0.15) is 177 Å². The Hall–Kier alpha value is -14.4. The maximum absolute atomic E-state index is 13.3. The standard InChI is InChI=1S/2C48H66N10O12.2C2H6.2CO2/c1-4-5-6-14-51-44-41-34(54-47(49)55-44)13-17-58(41)26-33-9-7-31(22-29(33)2)25-56-18-20-57(21-19-56)48(67)69-27-32-8-10-37(70-46-43(65)42(64)36(59)28-68-46)35(24-32)53-39(61)12-15-50-38(60)11-16-52-45(66)30(3)23-40(62)63;1-4-5-6-14-52-44-41-34(54-47(49)55-44)13-17-58(41)26-33-9-7-31(22-29(33)2)25-56-18-20-57(21-19-56)48(67)69-27-32-8-10-37(70-46-43(64)42(63)36(59)28-68-46)35(24-32)53-39(61)12-16-50-38(60)11-15-51-40(62)23-30(3)45(65)66;2*1-2;2*2-1-3/h7-10,13,17,22,24,30,36,42-43,46,59,64-65H,4-6,11-12,14-16,18-21,23,25-28H2,1-3H3,(H,50,60)(H,52,66)(H,53,61)(H,62,63)(H3,49,51,54,55);7-10,13,17,22,24,30,36,42-43,46,59,63-64H,4-6,11-12,14-16,18-21,23,25-28H2,1-3H3,(H,50,60)(H,51,62)(H,53,61)(H,65,66)(H3,49,52,54,55);2*1-2H3;;/t2*30?,36-,42+,43-,46?;;;;/m00..../s1. The normalized spacial score (nSPS) is 17.7. The van der Waals surface area contributed by atoms with E-state index in [1.54, 1.807) is 21.9 Å². The number of nitrogens with two attached hydrogens (primary N) is 2. The number of unbranched alkanes of at least 4 members (excludes halogenated alkanes) is 4. The molecule has 150 heavy (non-hydrogen) atoms. The number of hydrogen-bond acceptors (Lipinski definition) is 36. The van der Waals surface area contributed by atoms with Gasteiger partial charge in [-0.2, -0.15) is 29.1 Å². The summed E-state index contributed by atoms with van der Waals surface area (Å²) in [5.74, 6) is -4.76. The molecule has 4 aromatic carbocycles. The van der Waals surface area contributed by atoms with E-state index in [2.05, 4.69) is 145 Å². The quantitative estimate of drug-likeness (QED) is 0.0209. The Morgan fingerprint density at radius 2 is 0.820 bits per heavy atom. The first-order chi connectivity index (χ1) is 72.0. The van der Waals surface area contributed by atoms with E-state index in [1.807, 2.05) is 52.2 Å². The summed E-state index contributed by atoms with van der Waals surface area (Å²) in [7, 11) is 0. The summed E-state index contributed by atoms with van der Waals surface area (Å²) >= 11 is 0. The number of aliphatic hydroxyl groups excluding tert-OH is 6. The molecule has 4 aliphatic rings. The topological polar surface area (TPSA) is 679 Å². The maximum Gasteiger partial charge on any atom is 0.410 e. The van der Waals surface area contributed by atoms with E-state index in [4.69, 9.17) is 69.3 Å². The third-order valence-corrected chi connectivity index (χ3v) is 24.2. The fraction of sp³-hybridized carbons (Fsp3) is 0.529. The summed E-state index contributed by atoms with van der Waals surface area (Å²) in [6.07, 6.45) is -2.77. The molecule has 4 aliphatic heterocycles. The molecule has 4 unspecified atom stereocenters. The zero-order chi connectivity index (χ0) is 110. The van der Waals surface area contributed by atoms with Gasteiger partial charge in [-0.15, -0.1) is 0 Å². The lowest BCUT2D eigenvalue weighted by Gasteiger charge is -2.35. The number of aliphatic carboxylic acids is 2. The number of ether oxygens (including phenoxy) is 6. The number of nitrogen functional groups attached to an aromatic ring is 2. The van der Waals surface area contributed by atoms with Crippen molar-refractivity contribution in [3.8, 4) is 11.5 Å². The number of aromatic nitrogens is 6. The zero-order valence-corrected chi connectivity index (χ0v) is 86.4. The number of carbonyl (C=O) groups is 10. The predicted molar refractivity (Wildman–Crippen MR) is 548 cm³/mol. The Kier molecular flexibility index (Phi) is 52.3. The van der Waals surface area contributed by atoms with Crippen LogP contribution in [0.2, 0.25) is 0 Å². The van der Waals surface area contributed by atoms with Gasteiger partial charge in [-0.05, 0) is 108 Å². The molecule has 20 N–H and O–H groups in total. The highest BCUT2D eigenvalue weighted by atomic mass is 16.7. The molecular weight excluding hydrogens is 1950 g/mol. The molecule has 0 spiro atoms. The summed E-state index contributed by atoms with van der Waals surface area (Å²) < 4.78 is 38.2. The number of carbonyl (C=O) groups excluding carboxylic acids is 12. The van der Waals surface area contributed by atoms with Crippen molar-refractivity contribution in [1.29, 1.82) is 0 Å². The van der Waals surface area contributed by atoms with Crippen LogP contribution in [-0.4, -0.2) is 315 Å². The van der Waals surface area contributed by atoms with Gasteiger partial charge in [-0.25, -0.2) is 19.6 Å². The predicted octanol–water partition coefficient (Wildman–Crippen LogP) is 5.50. The highest BCUT2D eigenvalue weighted by Crippen LogP contribution is 2.35. The number of fused-ring (bicyclic) bond motifs is 2. The number of nitrogens with one attached hydrogen (secondary N) is 8. The third kappa shape index (κ3) is 39.6. The Balaban J connectivity index is 0.000000374. The second kappa shape index (κ2) is 64.1. The Morgan fingerprint density at radius 3 is 1.19 bits per heavy atom. The summed E-state index contributed by atoms with van der Waals surface area (Å²) in [4.78, 5) is 181. The molecule has 8 aromatic rings. The highest BCUT2D eigenvalue weighted by Gasteiger charge is 2.41. The number of hydrogen-bond donors (Lipinski definition) is 18. The fourth-order valence-corrected chi connectivity index (χ4v) is 16.1. The van der Waals surface area contributed by atoms with Gasteiger partial charge in [0.2, 0.25) is 59.9 Å². The minimum atomic E-state index is -1.62. The van der Waals surface area contributed by atoms with E-state index in [0.29, 0.717) is 89.7 Å². The van der Waals surface area contributed by atoms with E-state index in [9.17, 15) is 78.6 Å². The lowest BCUT2D eigenvalue weighted by molar-refractivity contribution is -0.241. The second-order valence-corrected chi connectivity index (χ2v) is 35.6. The minimum Gasteiger partial charge on any atom is -0.481 e. The molecule has 8 amide bonds.